The van der Waals surface area contributed by atoms with Gasteiger partial charge in [0.25, 0.3) is 0 Å². The molecular weight excluding hydrogens is 176 g/mol. The summed E-state index contributed by atoms with van der Waals surface area (Å²) in [6.07, 6.45) is 3.68. The summed E-state index contributed by atoms with van der Waals surface area (Å²) < 4.78 is 0. The molecule has 0 saturated heterocycles. The lowest BCUT2D eigenvalue weighted by atomic mass is 9.84. The lowest BCUT2D eigenvalue weighted by Crippen LogP contribution is -2.18. The predicted octanol–water partition coefficient (Wildman–Crippen LogP) is 2.67. The molecule has 14 heavy (non-hydrogen) atoms. The first kappa shape index (κ1) is 11.2. The fourth-order valence-corrected chi connectivity index (χ4v) is 1.91. The Hall–Kier alpha value is -0.920. The predicted molar refractivity (Wildman–Crippen MR) is 56.0 cm³/mol. The summed E-state index contributed by atoms with van der Waals surface area (Å²) >= 11 is 0. The van der Waals surface area contributed by atoms with Crippen LogP contribution in [0.5, 0.6) is 0 Å². The van der Waals surface area contributed by atoms with Gasteiger partial charge < -0.3 is 0 Å². The van der Waals surface area contributed by atoms with Gasteiger partial charge in [-0.15, -0.1) is 0 Å². The normalized spacial score (nSPS) is 17.4. The number of rotatable bonds is 3. The molecule has 0 saturated carbocycles. The zero-order chi connectivity index (χ0) is 10.7. The Labute approximate surface area is 85.4 Å². The highest BCUT2D eigenvalue weighted by Gasteiger charge is 2.22. The summed E-state index contributed by atoms with van der Waals surface area (Å²) in [7, 11) is 0. The number of ketones is 2. The van der Waals surface area contributed by atoms with E-state index in [2.05, 4.69) is 0 Å². The SMILES string of the molecule is CC(=O)C1=C(C(=O)C(C)C)CCCC1. The molecule has 0 aromatic carbocycles. The van der Waals surface area contributed by atoms with Gasteiger partial charge >= 0.3 is 0 Å². The van der Waals surface area contributed by atoms with Crippen LogP contribution < -0.4 is 0 Å². The molecule has 2 heteroatoms. The van der Waals surface area contributed by atoms with E-state index >= 15 is 0 Å². The monoisotopic (exact) mass is 194 g/mol. The van der Waals surface area contributed by atoms with Crippen LogP contribution in [0.2, 0.25) is 0 Å². The van der Waals surface area contributed by atoms with Gasteiger partial charge in [0.2, 0.25) is 0 Å². The average Bonchev–Trinajstić information content (AvgIpc) is 2.16. The fraction of sp³-hybridized carbons (Fsp3) is 0.667. The van der Waals surface area contributed by atoms with Crippen LogP contribution >= 0.6 is 0 Å². The maximum atomic E-state index is 11.8. The first-order valence-electron chi connectivity index (χ1n) is 5.31. The van der Waals surface area contributed by atoms with E-state index in [-0.39, 0.29) is 17.5 Å². The highest BCUT2D eigenvalue weighted by atomic mass is 16.1. The summed E-state index contributed by atoms with van der Waals surface area (Å²) in [5.41, 5.74) is 1.59. The van der Waals surface area contributed by atoms with E-state index in [1.54, 1.807) is 6.92 Å². The Morgan fingerprint density at radius 3 is 2.00 bits per heavy atom. The van der Waals surface area contributed by atoms with Gasteiger partial charge in [0.1, 0.15) is 0 Å². The molecular formula is C12H18O2. The molecule has 0 N–H and O–H groups in total. The van der Waals surface area contributed by atoms with Crippen molar-refractivity contribution in [2.75, 3.05) is 0 Å². The zero-order valence-corrected chi connectivity index (χ0v) is 9.22. The number of allylic oxidation sites excluding steroid dienone is 2. The van der Waals surface area contributed by atoms with Crippen molar-refractivity contribution in [1.29, 1.82) is 0 Å². The van der Waals surface area contributed by atoms with E-state index in [9.17, 15) is 9.59 Å². The van der Waals surface area contributed by atoms with Crippen molar-refractivity contribution >= 4 is 11.6 Å². The second kappa shape index (κ2) is 4.54. The van der Waals surface area contributed by atoms with Crippen LogP contribution in [0.25, 0.3) is 0 Å². The van der Waals surface area contributed by atoms with Crippen molar-refractivity contribution in [2.24, 2.45) is 5.92 Å². The molecule has 0 unspecified atom stereocenters. The average molecular weight is 194 g/mol. The molecule has 0 aromatic heterocycles. The summed E-state index contributed by atoms with van der Waals surface area (Å²) in [4.78, 5) is 23.1. The van der Waals surface area contributed by atoms with Gasteiger partial charge in [-0.25, -0.2) is 0 Å². The van der Waals surface area contributed by atoms with Crippen LogP contribution in [0.3, 0.4) is 0 Å². The maximum Gasteiger partial charge on any atom is 0.161 e. The van der Waals surface area contributed by atoms with Crippen LogP contribution in [0.15, 0.2) is 11.1 Å². The third kappa shape index (κ3) is 2.31. The number of carbonyl (C=O) groups is 2. The quantitative estimate of drug-likeness (QED) is 0.692. The van der Waals surface area contributed by atoms with Gasteiger partial charge in [-0.05, 0) is 32.6 Å². The molecule has 0 heterocycles. The number of hydrogen-bond acceptors (Lipinski definition) is 2. The van der Waals surface area contributed by atoms with E-state index < -0.39 is 0 Å². The number of carbonyl (C=O) groups excluding carboxylic acids is 2. The molecule has 1 aliphatic rings. The van der Waals surface area contributed by atoms with Crippen molar-refractivity contribution in [3.05, 3.63) is 11.1 Å². The molecule has 0 fully saturated rings. The standard InChI is InChI=1S/C12H18O2/c1-8(2)12(14)11-7-5-4-6-10(11)9(3)13/h8H,4-7H2,1-3H3. The summed E-state index contributed by atoms with van der Waals surface area (Å²) in [6.45, 7) is 5.34. The first-order valence-corrected chi connectivity index (χ1v) is 5.31. The smallest absolute Gasteiger partial charge is 0.161 e. The van der Waals surface area contributed by atoms with Crippen LogP contribution in [0.1, 0.15) is 46.5 Å². The van der Waals surface area contributed by atoms with Crippen molar-refractivity contribution in [3.63, 3.8) is 0 Å². The molecule has 0 spiro atoms. The van der Waals surface area contributed by atoms with Gasteiger partial charge in [0.05, 0.1) is 0 Å². The highest BCUT2D eigenvalue weighted by molar-refractivity contribution is 6.06. The summed E-state index contributed by atoms with van der Waals surface area (Å²) in [5, 5.41) is 0. The van der Waals surface area contributed by atoms with E-state index in [0.29, 0.717) is 0 Å². The highest BCUT2D eigenvalue weighted by Crippen LogP contribution is 2.27. The molecule has 2 nitrogen and oxygen atoms in total. The van der Waals surface area contributed by atoms with E-state index in [4.69, 9.17) is 0 Å². The van der Waals surface area contributed by atoms with Crippen LogP contribution in [0, 0.1) is 5.92 Å². The minimum Gasteiger partial charge on any atom is -0.295 e. The first-order chi connectivity index (χ1) is 6.54. The van der Waals surface area contributed by atoms with Crippen molar-refractivity contribution in [1.82, 2.24) is 0 Å². The Kier molecular flexibility index (Phi) is 3.62. The van der Waals surface area contributed by atoms with Gasteiger partial charge in [-0.3, -0.25) is 9.59 Å². The summed E-state index contributed by atoms with van der Waals surface area (Å²) in [5.74, 6) is 0.251. The Morgan fingerprint density at radius 1 is 1.07 bits per heavy atom. The lowest BCUT2D eigenvalue weighted by molar-refractivity contribution is -0.119. The van der Waals surface area contributed by atoms with Crippen LogP contribution in [-0.4, -0.2) is 11.6 Å². The number of hydrogen-bond donors (Lipinski definition) is 0. The van der Waals surface area contributed by atoms with Crippen LogP contribution in [0.4, 0.5) is 0 Å². The molecule has 1 aliphatic carbocycles. The molecule has 0 aromatic rings. The minimum atomic E-state index is 0.0115. The minimum absolute atomic E-state index is 0.0115. The molecule has 0 atom stereocenters. The molecule has 1 rings (SSSR count). The number of Topliss-reactive ketones (excluding diaryl/α,β-unsaturated/α-hetero) is 2. The fourth-order valence-electron chi connectivity index (χ4n) is 1.91. The second-order valence-electron chi connectivity index (χ2n) is 4.24. The third-order valence-electron chi connectivity index (χ3n) is 2.71. The third-order valence-corrected chi connectivity index (χ3v) is 2.71. The summed E-state index contributed by atoms with van der Waals surface area (Å²) in [6, 6.07) is 0. The van der Waals surface area contributed by atoms with Crippen molar-refractivity contribution in [2.45, 2.75) is 46.5 Å². The molecule has 78 valence electrons. The molecule has 0 bridgehead atoms. The molecule has 0 aliphatic heterocycles. The maximum absolute atomic E-state index is 11.8. The van der Waals surface area contributed by atoms with Crippen LogP contribution in [-0.2, 0) is 9.59 Å². The molecule has 0 radical (unpaired) electrons. The Balaban J connectivity index is 3.00. The van der Waals surface area contributed by atoms with Gasteiger partial charge in [0, 0.05) is 17.1 Å². The van der Waals surface area contributed by atoms with Gasteiger partial charge in [-0.2, -0.15) is 0 Å². The largest absolute Gasteiger partial charge is 0.295 e. The lowest BCUT2D eigenvalue weighted by Gasteiger charge is -2.18. The van der Waals surface area contributed by atoms with E-state index in [1.165, 1.54) is 0 Å². The molecule has 0 amide bonds. The topological polar surface area (TPSA) is 34.1 Å². The zero-order valence-electron chi connectivity index (χ0n) is 9.22. The van der Waals surface area contributed by atoms with Crippen molar-refractivity contribution < 1.29 is 9.59 Å². The Morgan fingerprint density at radius 2 is 1.57 bits per heavy atom. The Bertz CT molecular complexity index is 285. The van der Waals surface area contributed by atoms with E-state index in [1.807, 2.05) is 13.8 Å². The van der Waals surface area contributed by atoms with E-state index in [0.717, 1.165) is 36.8 Å². The van der Waals surface area contributed by atoms with Crippen molar-refractivity contribution in [3.8, 4) is 0 Å². The van der Waals surface area contributed by atoms with Gasteiger partial charge in [0.15, 0.2) is 11.6 Å². The van der Waals surface area contributed by atoms with Gasteiger partial charge in [-0.1, -0.05) is 13.8 Å². The second-order valence-corrected chi connectivity index (χ2v) is 4.24.